The molecule has 1 saturated carbocycles. The van der Waals surface area contributed by atoms with Gasteiger partial charge in [0.2, 0.25) is 0 Å². The van der Waals surface area contributed by atoms with E-state index in [1.165, 1.54) is 17.4 Å². The molecule has 0 aliphatic heterocycles. The summed E-state index contributed by atoms with van der Waals surface area (Å²) in [6.07, 6.45) is 5.51. The number of carbonyl (C=O) groups excluding carboxylic acids is 1. The Morgan fingerprint density at radius 1 is 1.45 bits per heavy atom. The molecule has 1 heterocycles. The summed E-state index contributed by atoms with van der Waals surface area (Å²) in [5, 5.41) is 19.5. The fourth-order valence-electron chi connectivity index (χ4n) is 2.17. The number of carboxylic acid groups (broad SMARTS) is 1. The zero-order valence-corrected chi connectivity index (χ0v) is 11.8. The number of carbonyl (C=O) groups is 2. The maximum atomic E-state index is 12.5. The van der Waals surface area contributed by atoms with Gasteiger partial charge in [-0.15, -0.1) is 11.3 Å². The van der Waals surface area contributed by atoms with Crippen LogP contribution in [0.2, 0.25) is 0 Å². The summed E-state index contributed by atoms with van der Waals surface area (Å²) in [6.45, 7) is 0.261. The van der Waals surface area contributed by atoms with Crippen LogP contribution in [0.4, 0.5) is 0 Å². The van der Waals surface area contributed by atoms with E-state index in [0.29, 0.717) is 17.0 Å². The van der Waals surface area contributed by atoms with Gasteiger partial charge in [-0.2, -0.15) is 0 Å². The van der Waals surface area contributed by atoms with Crippen LogP contribution in [0, 0.1) is 0 Å². The van der Waals surface area contributed by atoms with Crippen molar-refractivity contribution in [3.05, 3.63) is 28.0 Å². The molecule has 0 atom stereocenters. The second-order valence-corrected chi connectivity index (χ2v) is 5.60. The van der Waals surface area contributed by atoms with E-state index in [1.807, 2.05) is 0 Å². The molecule has 1 aromatic rings. The molecule has 0 saturated heterocycles. The summed E-state index contributed by atoms with van der Waals surface area (Å²) in [7, 11) is 0. The zero-order chi connectivity index (χ0) is 14.5. The van der Waals surface area contributed by atoms with Crippen LogP contribution in [0.5, 0.6) is 0 Å². The van der Waals surface area contributed by atoms with Crippen molar-refractivity contribution in [3.8, 4) is 0 Å². The average Bonchev–Trinajstić information content (AvgIpc) is 2.81. The molecule has 0 aromatic carbocycles. The van der Waals surface area contributed by atoms with Gasteiger partial charge in [0.1, 0.15) is 0 Å². The summed E-state index contributed by atoms with van der Waals surface area (Å²) < 4.78 is 0. The van der Waals surface area contributed by atoms with Crippen molar-refractivity contribution >= 4 is 29.3 Å². The number of carboxylic acids is 1. The highest BCUT2D eigenvalue weighted by atomic mass is 32.1. The van der Waals surface area contributed by atoms with Crippen LogP contribution < -0.4 is 0 Å². The molecular weight excluding hydrogens is 278 g/mol. The van der Waals surface area contributed by atoms with Crippen molar-refractivity contribution in [2.24, 2.45) is 0 Å². The Morgan fingerprint density at radius 3 is 2.75 bits per heavy atom. The number of hydrogen-bond donors (Lipinski definition) is 2. The molecule has 1 fully saturated rings. The van der Waals surface area contributed by atoms with Crippen LogP contribution in [-0.2, 0) is 4.79 Å². The summed E-state index contributed by atoms with van der Waals surface area (Å²) >= 11 is 1.30. The molecule has 20 heavy (non-hydrogen) atoms. The lowest BCUT2D eigenvalue weighted by Crippen LogP contribution is -2.45. The second-order valence-electron chi connectivity index (χ2n) is 4.68. The van der Waals surface area contributed by atoms with Gasteiger partial charge in [-0.05, 0) is 42.3 Å². The first-order valence-electron chi connectivity index (χ1n) is 6.54. The first kappa shape index (κ1) is 14.7. The van der Waals surface area contributed by atoms with Gasteiger partial charge in [0.25, 0.3) is 5.91 Å². The van der Waals surface area contributed by atoms with E-state index in [9.17, 15) is 9.59 Å². The largest absolute Gasteiger partial charge is 0.478 e. The maximum absolute atomic E-state index is 12.5. The fourth-order valence-corrected chi connectivity index (χ4v) is 3.01. The predicted octanol–water partition coefficient (Wildman–Crippen LogP) is 1.83. The van der Waals surface area contributed by atoms with Gasteiger partial charge < -0.3 is 15.1 Å². The second kappa shape index (κ2) is 6.67. The minimum absolute atomic E-state index is 0.0616. The Bertz CT molecular complexity index is 519. The highest BCUT2D eigenvalue weighted by Gasteiger charge is 2.30. The van der Waals surface area contributed by atoms with E-state index >= 15 is 0 Å². The zero-order valence-electron chi connectivity index (χ0n) is 11.0. The Morgan fingerprint density at radius 2 is 2.20 bits per heavy atom. The minimum Gasteiger partial charge on any atom is -0.478 e. The number of aliphatic hydroxyl groups is 1. The van der Waals surface area contributed by atoms with Gasteiger partial charge in [0.15, 0.2) is 0 Å². The molecule has 0 bridgehead atoms. The fraction of sp³-hybridized carbons (Fsp3) is 0.429. The number of rotatable bonds is 6. The molecule has 2 N–H and O–H groups in total. The van der Waals surface area contributed by atoms with Crippen molar-refractivity contribution in [2.75, 3.05) is 13.2 Å². The highest BCUT2D eigenvalue weighted by molar-refractivity contribution is 7.12. The first-order valence-corrected chi connectivity index (χ1v) is 7.41. The van der Waals surface area contributed by atoms with Crippen LogP contribution in [0.25, 0.3) is 6.08 Å². The highest BCUT2D eigenvalue weighted by Crippen LogP contribution is 2.28. The number of amides is 1. The lowest BCUT2D eigenvalue weighted by atomic mass is 9.91. The SMILES string of the molecule is O=C(O)/C=C/c1ccsc1C(=O)N(CCO)C1CCC1. The van der Waals surface area contributed by atoms with Crippen LogP contribution in [0.3, 0.4) is 0 Å². The number of aliphatic carboxylic acids is 1. The summed E-state index contributed by atoms with van der Waals surface area (Å²) in [4.78, 5) is 25.3. The molecule has 0 unspecified atom stereocenters. The molecule has 108 valence electrons. The average molecular weight is 295 g/mol. The number of thiophene rings is 1. The van der Waals surface area contributed by atoms with Gasteiger partial charge in [0, 0.05) is 18.7 Å². The molecule has 5 nitrogen and oxygen atoms in total. The molecule has 1 aromatic heterocycles. The van der Waals surface area contributed by atoms with Crippen molar-refractivity contribution in [1.29, 1.82) is 0 Å². The van der Waals surface area contributed by atoms with Gasteiger partial charge in [-0.1, -0.05) is 0 Å². The summed E-state index contributed by atoms with van der Waals surface area (Å²) in [5.74, 6) is -1.16. The molecule has 0 radical (unpaired) electrons. The Labute approximate surface area is 121 Å². The van der Waals surface area contributed by atoms with Gasteiger partial charge >= 0.3 is 5.97 Å². The van der Waals surface area contributed by atoms with E-state index in [0.717, 1.165) is 25.3 Å². The summed E-state index contributed by atoms with van der Waals surface area (Å²) in [6, 6.07) is 1.93. The van der Waals surface area contributed by atoms with Crippen molar-refractivity contribution < 1.29 is 19.8 Å². The first-order chi connectivity index (χ1) is 9.63. The van der Waals surface area contributed by atoms with E-state index in [2.05, 4.69) is 0 Å². The van der Waals surface area contributed by atoms with Crippen LogP contribution >= 0.6 is 11.3 Å². The maximum Gasteiger partial charge on any atom is 0.328 e. The quantitative estimate of drug-likeness (QED) is 0.785. The van der Waals surface area contributed by atoms with Gasteiger partial charge in [0.05, 0.1) is 11.5 Å². The van der Waals surface area contributed by atoms with Crippen molar-refractivity contribution in [3.63, 3.8) is 0 Å². The van der Waals surface area contributed by atoms with Crippen LogP contribution in [0.15, 0.2) is 17.5 Å². The molecule has 1 aliphatic rings. The third kappa shape index (κ3) is 3.26. The van der Waals surface area contributed by atoms with Crippen LogP contribution in [0.1, 0.15) is 34.5 Å². The normalized spacial score (nSPS) is 15.2. The Hall–Kier alpha value is -1.66. The van der Waals surface area contributed by atoms with E-state index in [4.69, 9.17) is 10.2 Å². The Kier molecular flexibility index (Phi) is 4.92. The third-order valence-electron chi connectivity index (χ3n) is 3.41. The standard InChI is InChI=1S/C14H17NO4S/c16-8-7-15(11-2-1-3-11)14(19)13-10(6-9-20-13)4-5-12(17)18/h4-6,9,11,16H,1-3,7-8H2,(H,17,18)/b5-4+. The predicted molar refractivity (Wildman–Crippen MR) is 76.8 cm³/mol. The minimum atomic E-state index is -1.04. The molecule has 2 rings (SSSR count). The van der Waals surface area contributed by atoms with E-state index in [-0.39, 0.29) is 18.6 Å². The van der Waals surface area contributed by atoms with Crippen molar-refractivity contribution in [2.45, 2.75) is 25.3 Å². The number of aliphatic hydroxyl groups excluding tert-OH is 1. The molecular formula is C14H17NO4S. The number of nitrogens with zero attached hydrogens (tertiary/aromatic N) is 1. The monoisotopic (exact) mass is 295 g/mol. The topological polar surface area (TPSA) is 77.8 Å². The third-order valence-corrected chi connectivity index (χ3v) is 4.33. The number of hydrogen-bond acceptors (Lipinski definition) is 4. The molecule has 1 amide bonds. The lowest BCUT2D eigenvalue weighted by molar-refractivity contribution is -0.131. The smallest absolute Gasteiger partial charge is 0.328 e. The molecule has 1 aliphatic carbocycles. The van der Waals surface area contributed by atoms with Gasteiger partial charge in [-0.3, -0.25) is 4.79 Å². The van der Waals surface area contributed by atoms with Crippen molar-refractivity contribution in [1.82, 2.24) is 4.90 Å². The van der Waals surface area contributed by atoms with Crippen LogP contribution in [-0.4, -0.2) is 46.2 Å². The van der Waals surface area contributed by atoms with E-state index < -0.39 is 5.97 Å². The van der Waals surface area contributed by atoms with E-state index in [1.54, 1.807) is 16.3 Å². The Balaban J connectivity index is 2.18. The molecule has 0 spiro atoms. The van der Waals surface area contributed by atoms with Gasteiger partial charge in [-0.25, -0.2) is 4.79 Å². The molecule has 6 heteroatoms. The summed E-state index contributed by atoms with van der Waals surface area (Å²) in [5.41, 5.74) is 0.615. The lowest BCUT2D eigenvalue weighted by Gasteiger charge is -2.37.